The van der Waals surface area contributed by atoms with Crippen LogP contribution in [0, 0.1) is 0 Å². The summed E-state index contributed by atoms with van der Waals surface area (Å²) in [5.74, 6) is -0.0220. The standard InChI is InChI=1S/C22H40N6O2/c1-3-27-15-11-19(12-16-27)23-25-21(29)9-7-5-6-8-10-22(30)26-24-20-13-17-28(4-2)18-14-20/h3-18H2,1-2H3,(H,25,29)(H,26,30). The van der Waals surface area contributed by atoms with Gasteiger partial charge in [-0.25, -0.2) is 10.9 Å². The molecule has 2 aliphatic heterocycles. The summed E-state index contributed by atoms with van der Waals surface area (Å²) in [6, 6.07) is 0. The molecule has 0 spiro atoms. The molecule has 8 heteroatoms. The van der Waals surface area contributed by atoms with Crippen molar-refractivity contribution in [2.75, 3.05) is 39.3 Å². The van der Waals surface area contributed by atoms with Crippen molar-refractivity contribution in [3.63, 3.8) is 0 Å². The highest BCUT2D eigenvalue weighted by Crippen LogP contribution is 2.08. The van der Waals surface area contributed by atoms with Crippen LogP contribution < -0.4 is 10.9 Å². The molecule has 0 atom stereocenters. The molecule has 2 rings (SSSR count). The number of rotatable bonds is 11. The van der Waals surface area contributed by atoms with Crippen molar-refractivity contribution < 1.29 is 9.59 Å². The first kappa shape index (κ1) is 24.5. The zero-order valence-corrected chi connectivity index (χ0v) is 18.9. The number of carbonyl (C=O) groups excluding carboxylic acids is 2. The lowest BCUT2D eigenvalue weighted by Crippen LogP contribution is -2.34. The van der Waals surface area contributed by atoms with Crippen LogP contribution in [-0.4, -0.2) is 72.3 Å². The molecule has 2 heterocycles. The number of hydrogen-bond donors (Lipinski definition) is 2. The van der Waals surface area contributed by atoms with Gasteiger partial charge in [-0.15, -0.1) is 0 Å². The van der Waals surface area contributed by atoms with Gasteiger partial charge in [-0.3, -0.25) is 9.59 Å². The molecule has 2 aliphatic rings. The van der Waals surface area contributed by atoms with Crippen LogP contribution in [0.3, 0.4) is 0 Å². The smallest absolute Gasteiger partial charge is 0.240 e. The van der Waals surface area contributed by atoms with Gasteiger partial charge in [-0.1, -0.05) is 26.7 Å². The van der Waals surface area contributed by atoms with Crippen LogP contribution in [0.25, 0.3) is 0 Å². The minimum absolute atomic E-state index is 0.0110. The van der Waals surface area contributed by atoms with Gasteiger partial charge in [-0.05, 0) is 25.9 Å². The third-order valence-corrected chi connectivity index (χ3v) is 6.00. The minimum atomic E-state index is -0.0110. The van der Waals surface area contributed by atoms with Crippen molar-refractivity contribution in [2.24, 2.45) is 10.2 Å². The van der Waals surface area contributed by atoms with E-state index in [1.807, 2.05) is 0 Å². The van der Waals surface area contributed by atoms with E-state index in [1.165, 1.54) is 0 Å². The SMILES string of the molecule is CCN1CCC(=NNC(=O)CCCCCCC(=O)NN=C2CCN(CC)CC2)CC1. The van der Waals surface area contributed by atoms with Crippen molar-refractivity contribution in [1.82, 2.24) is 20.7 Å². The molecule has 170 valence electrons. The fourth-order valence-corrected chi connectivity index (χ4v) is 3.80. The van der Waals surface area contributed by atoms with Crippen LogP contribution in [0.15, 0.2) is 10.2 Å². The second kappa shape index (κ2) is 14.2. The second-order valence-corrected chi connectivity index (χ2v) is 8.21. The maximum atomic E-state index is 11.9. The zero-order chi connectivity index (χ0) is 21.6. The van der Waals surface area contributed by atoms with Gasteiger partial charge in [0.1, 0.15) is 0 Å². The van der Waals surface area contributed by atoms with E-state index in [0.29, 0.717) is 12.8 Å². The number of carbonyl (C=O) groups is 2. The van der Waals surface area contributed by atoms with Gasteiger partial charge in [0.05, 0.1) is 0 Å². The van der Waals surface area contributed by atoms with Gasteiger partial charge >= 0.3 is 0 Å². The molecule has 0 bridgehead atoms. The molecule has 2 amide bonds. The number of hydrazone groups is 2. The summed E-state index contributed by atoms with van der Waals surface area (Å²) in [6.07, 6.45) is 8.32. The average Bonchev–Trinajstić information content (AvgIpc) is 2.79. The maximum Gasteiger partial charge on any atom is 0.240 e. The molecule has 0 radical (unpaired) electrons. The monoisotopic (exact) mass is 420 g/mol. The van der Waals surface area contributed by atoms with Gasteiger partial charge in [0.15, 0.2) is 0 Å². The Morgan fingerprint density at radius 2 is 1.07 bits per heavy atom. The fraction of sp³-hybridized carbons (Fsp3) is 0.818. The summed E-state index contributed by atoms with van der Waals surface area (Å²) >= 11 is 0. The normalized spacial score (nSPS) is 18.2. The lowest BCUT2D eigenvalue weighted by Gasteiger charge is -2.25. The largest absolute Gasteiger partial charge is 0.303 e. The highest BCUT2D eigenvalue weighted by Gasteiger charge is 2.14. The van der Waals surface area contributed by atoms with E-state index in [1.54, 1.807) is 0 Å². The number of amides is 2. The molecule has 0 aliphatic carbocycles. The Morgan fingerprint density at radius 1 is 0.700 bits per heavy atom. The Hall–Kier alpha value is -1.80. The van der Waals surface area contributed by atoms with Crippen molar-refractivity contribution in [3.05, 3.63) is 0 Å². The van der Waals surface area contributed by atoms with E-state index < -0.39 is 0 Å². The first-order valence-electron chi connectivity index (χ1n) is 11.7. The van der Waals surface area contributed by atoms with Crippen LogP contribution >= 0.6 is 0 Å². The molecule has 2 saturated heterocycles. The first-order valence-corrected chi connectivity index (χ1v) is 11.7. The summed E-state index contributed by atoms with van der Waals surface area (Å²) in [6.45, 7) is 10.6. The quantitative estimate of drug-likeness (QED) is 0.397. The van der Waals surface area contributed by atoms with Crippen molar-refractivity contribution in [1.29, 1.82) is 0 Å². The first-order chi connectivity index (χ1) is 14.6. The van der Waals surface area contributed by atoms with Crippen LogP contribution in [0.2, 0.25) is 0 Å². The van der Waals surface area contributed by atoms with Crippen molar-refractivity contribution in [3.8, 4) is 0 Å². The van der Waals surface area contributed by atoms with Crippen LogP contribution in [0.5, 0.6) is 0 Å². The number of likely N-dealkylation sites (tertiary alicyclic amines) is 2. The molecular formula is C22H40N6O2. The van der Waals surface area contributed by atoms with Crippen molar-refractivity contribution >= 4 is 23.2 Å². The molecule has 0 unspecified atom stereocenters. The topological polar surface area (TPSA) is 89.4 Å². The Morgan fingerprint density at radius 3 is 1.40 bits per heavy atom. The predicted molar refractivity (Wildman–Crippen MR) is 122 cm³/mol. The van der Waals surface area contributed by atoms with E-state index in [2.05, 4.69) is 44.7 Å². The molecule has 0 saturated carbocycles. The Bertz CT molecular complexity index is 532. The predicted octanol–water partition coefficient (Wildman–Crippen LogP) is 2.50. The van der Waals surface area contributed by atoms with E-state index in [9.17, 15) is 9.59 Å². The van der Waals surface area contributed by atoms with Crippen LogP contribution in [0.1, 0.15) is 78.1 Å². The molecule has 8 nitrogen and oxygen atoms in total. The Labute approximate surface area is 181 Å². The molecular weight excluding hydrogens is 380 g/mol. The summed E-state index contributed by atoms with van der Waals surface area (Å²) < 4.78 is 0. The number of piperidine rings is 2. The molecule has 2 fully saturated rings. The van der Waals surface area contributed by atoms with Gasteiger partial charge in [0.25, 0.3) is 0 Å². The highest BCUT2D eigenvalue weighted by atomic mass is 16.2. The summed E-state index contributed by atoms with van der Waals surface area (Å²) in [5, 5.41) is 8.56. The number of hydrogen-bond acceptors (Lipinski definition) is 6. The lowest BCUT2D eigenvalue weighted by molar-refractivity contribution is -0.122. The Balaban J connectivity index is 1.45. The van der Waals surface area contributed by atoms with Crippen LogP contribution in [0.4, 0.5) is 0 Å². The summed E-state index contributed by atoms with van der Waals surface area (Å²) in [5.41, 5.74) is 7.59. The van der Waals surface area contributed by atoms with E-state index >= 15 is 0 Å². The van der Waals surface area contributed by atoms with Crippen molar-refractivity contribution in [2.45, 2.75) is 78.1 Å². The number of nitrogens with one attached hydrogen (secondary N) is 2. The maximum absolute atomic E-state index is 11.9. The van der Waals surface area contributed by atoms with Gasteiger partial charge in [0.2, 0.25) is 11.8 Å². The average molecular weight is 421 g/mol. The highest BCUT2D eigenvalue weighted by molar-refractivity contribution is 5.87. The second-order valence-electron chi connectivity index (χ2n) is 8.21. The van der Waals surface area contributed by atoms with E-state index in [-0.39, 0.29) is 11.8 Å². The Kier molecular flexibility index (Phi) is 11.6. The van der Waals surface area contributed by atoms with Gasteiger partial charge < -0.3 is 9.80 Å². The summed E-state index contributed by atoms with van der Waals surface area (Å²) in [4.78, 5) is 28.6. The zero-order valence-electron chi connectivity index (χ0n) is 18.9. The molecule has 0 aromatic heterocycles. The molecule has 0 aromatic carbocycles. The number of nitrogens with zero attached hydrogens (tertiary/aromatic N) is 4. The fourth-order valence-electron chi connectivity index (χ4n) is 3.80. The molecule has 30 heavy (non-hydrogen) atoms. The molecule has 0 aromatic rings. The molecule has 2 N–H and O–H groups in total. The third-order valence-electron chi connectivity index (χ3n) is 6.00. The van der Waals surface area contributed by atoms with E-state index in [4.69, 9.17) is 0 Å². The third kappa shape index (κ3) is 9.80. The van der Waals surface area contributed by atoms with Crippen LogP contribution in [-0.2, 0) is 9.59 Å². The van der Waals surface area contributed by atoms with Gasteiger partial charge in [-0.2, -0.15) is 10.2 Å². The van der Waals surface area contributed by atoms with E-state index in [0.717, 1.165) is 102 Å². The van der Waals surface area contributed by atoms with Gasteiger partial charge in [0, 0.05) is 76.1 Å². The lowest BCUT2D eigenvalue weighted by atomic mass is 10.1. The minimum Gasteiger partial charge on any atom is -0.303 e. The summed E-state index contributed by atoms with van der Waals surface area (Å²) in [7, 11) is 0. The number of unbranched alkanes of at least 4 members (excludes halogenated alkanes) is 3.